The van der Waals surface area contributed by atoms with E-state index in [9.17, 15) is 8.42 Å². The van der Waals surface area contributed by atoms with Crippen molar-refractivity contribution >= 4 is 10.0 Å². The molecule has 0 atom stereocenters. The third-order valence-electron chi connectivity index (χ3n) is 1.55. The zero-order valence-corrected chi connectivity index (χ0v) is 8.08. The molecule has 0 spiro atoms. The Kier molecular flexibility index (Phi) is 2.84. The van der Waals surface area contributed by atoms with Gasteiger partial charge in [-0.3, -0.25) is 5.10 Å². The summed E-state index contributed by atoms with van der Waals surface area (Å²) in [5.41, 5.74) is 0. The van der Waals surface area contributed by atoms with Gasteiger partial charge in [-0.25, -0.2) is 8.42 Å². The van der Waals surface area contributed by atoms with E-state index in [1.165, 1.54) is 29.7 Å². The van der Waals surface area contributed by atoms with Crippen LogP contribution >= 0.6 is 0 Å². The van der Waals surface area contributed by atoms with Crippen molar-refractivity contribution in [3.8, 4) is 0 Å². The molecule has 0 aliphatic rings. The Morgan fingerprint density at radius 1 is 1.77 bits per heavy atom. The van der Waals surface area contributed by atoms with Crippen LogP contribution in [0.1, 0.15) is 0 Å². The highest BCUT2D eigenvalue weighted by molar-refractivity contribution is 7.89. The lowest BCUT2D eigenvalue weighted by Gasteiger charge is -2.12. The summed E-state index contributed by atoms with van der Waals surface area (Å²) in [6.45, 7) is 3.74. The van der Waals surface area contributed by atoms with E-state index < -0.39 is 10.0 Å². The summed E-state index contributed by atoms with van der Waals surface area (Å²) >= 11 is 0. The van der Waals surface area contributed by atoms with Gasteiger partial charge in [0.05, 0.1) is 6.20 Å². The van der Waals surface area contributed by atoms with Crippen LogP contribution in [-0.4, -0.2) is 36.5 Å². The summed E-state index contributed by atoms with van der Waals surface area (Å²) in [5, 5.41) is 6.07. The molecule has 72 valence electrons. The molecule has 0 fully saturated rings. The standard InChI is InChI=1S/C7H11N3O2S/c1-3-6-10(2)13(11,12)7-4-5-8-9-7/h3-5H,1,6H2,2H3,(H,8,9). The van der Waals surface area contributed by atoms with Crippen LogP contribution in [0, 0.1) is 0 Å². The van der Waals surface area contributed by atoms with E-state index in [1.54, 1.807) is 0 Å². The number of nitrogens with one attached hydrogen (secondary N) is 1. The number of likely N-dealkylation sites (N-methyl/N-ethyl adjacent to an activating group) is 1. The molecule has 13 heavy (non-hydrogen) atoms. The smallest absolute Gasteiger partial charge is 0.259 e. The van der Waals surface area contributed by atoms with Crippen molar-refractivity contribution in [3.63, 3.8) is 0 Å². The molecule has 0 bridgehead atoms. The molecule has 1 aromatic rings. The average molecular weight is 201 g/mol. The Balaban J connectivity index is 2.96. The van der Waals surface area contributed by atoms with Gasteiger partial charge in [0, 0.05) is 13.6 Å². The number of sulfonamides is 1. The Morgan fingerprint density at radius 3 is 2.92 bits per heavy atom. The first-order valence-corrected chi connectivity index (χ1v) is 5.09. The second-order valence-electron chi connectivity index (χ2n) is 2.50. The lowest BCUT2D eigenvalue weighted by atomic mass is 10.6. The second-order valence-corrected chi connectivity index (χ2v) is 4.51. The van der Waals surface area contributed by atoms with Crippen LogP contribution < -0.4 is 0 Å². The number of hydrogen-bond acceptors (Lipinski definition) is 3. The normalized spacial score (nSPS) is 11.8. The lowest BCUT2D eigenvalue weighted by Crippen LogP contribution is -2.27. The zero-order chi connectivity index (χ0) is 9.90. The molecule has 0 aromatic carbocycles. The summed E-state index contributed by atoms with van der Waals surface area (Å²) in [6, 6.07) is 1.41. The Morgan fingerprint density at radius 2 is 2.46 bits per heavy atom. The van der Waals surface area contributed by atoms with E-state index in [-0.39, 0.29) is 11.6 Å². The molecule has 5 nitrogen and oxygen atoms in total. The topological polar surface area (TPSA) is 66.1 Å². The largest absolute Gasteiger partial charge is 0.266 e. The molecule has 0 saturated heterocycles. The fourth-order valence-corrected chi connectivity index (χ4v) is 1.87. The summed E-state index contributed by atoms with van der Waals surface area (Å²) in [4.78, 5) is 0. The van der Waals surface area contributed by atoms with E-state index >= 15 is 0 Å². The minimum Gasteiger partial charge on any atom is -0.266 e. The Hall–Kier alpha value is -1.14. The molecule has 1 N–H and O–H groups in total. The second kappa shape index (κ2) is 3.71. The molecular weight excluding hydrogens is 190 g/mol. The highest BCUT2D eigenvalue weighted by Crippen LogP contribution is 2.09. The van der Waals surface area contributed by atoms with Crippen molar-refractivity contribution in [1.82, 2.24) is 14.5 Å². The first kappa shape index (κ1) is 9.94. The van der Waals surface area contributed by atoms with Crippen molar-refractivity contribution in [1.29, 1.82) is 0 Å². The van der Waals surface area contributed by atoms with Gasteiger partial charge >= 0.3 is 0 Å². The van der Waals surface area contributed by atoms with E-state index in [1.807, 2.05) is 0 Å². The fourth-order valence-electron chi connectivity index (χ4n) is 0.835. The number of nitrogens with zero attached hydrogens (tertiary/aromatic N) is 2. The minimum atomic E-state index is -3.41. The average Bonchev–Trinajstić information content (AvgIpc) is 2.56. The van der Waals surface area contributed by atoms with Crippen molar-refractivity contribution in [2.45, 2.75) is 5.03 Å². The van der Waals surface area contributed by atoms with Gasteiger partial charge in [-0.1, -0.05) is 6.08 Å². The highest BCUT2D eigenvalue weighted by atomic mass is 32.2. The van der Waals surface area contributed by atoms with Crippen LogP contribution in [0.5, 0.6) is 0 Å². The number of aromatic amines is 1. The molecule has 1 heterocycles. The van der Waals surface area contributed by atoms with Crippen molar-refractivity contribution < 1.29 is 8.42 Å². The van der Waals surface area contributed by atoms with Crippen LogP contribution in [0.15, 0.2) is 29.9 Å². The third-order valence-corrected chi connectivity index (χ3v) is 3.30. The Labute approximate surface area is 77.1 Å². The summed E-state index contributed by atoms with van der Waals surface area (Å²) in [6.07, 6.45) is 2.92. The van der Waals surface area contributed by atoms with Gasteiger partial charge < -0.3 is 0 Å². The molecule has 0 saturated carbocycles. The van der Waals surface area contributed by atoms with Gasteiger partial charge in [0.15, 0.2) is 5.03 Å². The maximum Gasteiger partial charge on any atom is 0.259 e. The first-order valence-electron chi connectivity index (χ1n) is 3.65. The zero-order valence-electron chi connectivity index (χ0n) is 7.27. The van der Waals surface area contributed by atoms with Gasteiger partial charge in [-0.05, 0) is 6.07 Å². The molecule has 1 rings (SSSR count). The summed E-state index contributed by atoms with van der Waals surface area (Å²) < 4.78 is 24.4. The van der Waals surface area contributed by atoms with Gasteiger partial charge in [0.1, 0.15) is 0 Å². The molecule has 1 aromatic heterocycles. The van der Waals surface area contributed by atoms with Crippen molar-refractivity contribution in [2.75, 3.05) is 13.6 Å². The number of aromatic nitrogens is 2. The molecule has 0 aliphatic carbocycles. The van der Waals surface area contributed by atoms with Crippen LogP contribution in [0.4, 0.5) is 0 Å². The molecular formula is C7H11N3O2S. The van der Waals surface area contributed by atoms with Gasteiger partial charge in [-0.2, -0.15) is 9.40 Å². The monoisotopic (exact) mass is 201 g/mol. The van der Waals surface area contributed by atoms with Crippen molar-refractivity contribution in [2.24, 2.45) is 0 Å². The molecule has 0 unspecified atom stereocenters. The highest BCUT2D eigenvalue weighted by Gasteiger charge is 2.20. The summed E-state index contributed by atoms with van der Waals surface area (Å²) in [5.74, 6) is 0. The number of hydrogen-bond donors (Lipinski definition) is 1. The Bertz CT molecular complexity index is 368. The van der Waals surface area contributed by atoms with Crippen LogP contribution in [0.25, 0.3) is 0 Å². The molecule has 0 radical (unpaired) electrons. The van der Waals surface area contributed by atoms with Gasteiger partial charge in [0.25, 0.3) is 10.0 Å². The first-order chi connectivity index (χ1) is 6.09. The predicted octanol–water partition coefficient (Wildman–Crippen LogP) is 0.216. The predicted molar refractivity (Wildman–Crippen MR) is 48.6 cm³/mol. The van der Waals surface area contributed by atoms with Crippen LogP contribution in [0.2, 0.25) is 0 Å². The quantitative estimate of drug-likeness (QED) is 0.708. The number of rotatable bonds is 4. The van der Waals surface area contributed by atoms with E-state index in [0.717, 1.165) is 0 Å². The van der Waals surface area contributed by atoms with E-state index in [2.05, 4.69) is 16.8 Å². The minimum absolute atomic E-state index is 0.0943. The van der Waals surface area contributed by atoms with E-state index in [0.29, 0.717) is 0 Å². The van der Waals surface area contributed by atoms with Gasteiger partial charge in [-0.15, -0.1) is 6.58 Å². The van der Waals surface area contributed by atoms with E-state index in [4.69, 9.17) is 0 Å². The van der Waals surface area contributed by atoms with Gasteiger partial charge in [0.2, 0.25) is 0 Å². The maximum atomic E-state index is 11.6. The molecule has 0 aliphatic heterocycles. The van der Waals surface area contributed by atoms with Crippen molar-refractivity contribution in [3.05, 3.63) is 24.9 Å². The van der Waals surface area contributed by atoms with Crippen LogP contribution in [-0.2, 0) is 10.0 Å². The SMILES string of the molecule is C=CCN(C)S(=O)(=O)c1ccn[nH]1. The number of H-pyrrole nitrogens is 1. The molecule has 0 amide bonds. The summed E-state index contributed by atoms with van der Waals surface area (Å²) in [7, 11) is -1.93. The third kappa shape index (κ3) is 1.96. The fraction of sp³-hybridized carbons (Fsp3) is 0.286. The lowest BCUT2D eigenvalue weighted by molar-refractivity contribution is 0.495. The van der Waals surface area contributed by atoms with Crippen LogP contribution in [0.3, 0.4) is 0 Å². The molecule has 6 heteroatoms. The maximum absolute atomic E-state index is 11.6.